The van der Waals surface area contributed by atoms with E-state index in [2.05, 4.69) is 15.0 Å². The first kappa shape index (κ1) is 23.5. The van der Waals surface area contributed by atoms with E-state index in [-0.39, 0.29) is 29.5 Å². The summed E-state index contributed by atoms with van der Waals surface area (Å²) in [5.41, 5.74) is 1.29. The first-order chi connectivity index (χ1) is 18.4. The number of anilines is 1. The fourth-order valence-corrected chi connectivity index (χ4v) is 4.98. The van der Waals surface area contributed by atoms with E-state index in [1.54, 1.807) is 36.8 Å². The average molecular weight is 516 g/mol. The molecule has 10 nitrogen and oxygen atoms in total. The van der Waals surface area contributed by atoms with Gasteiger partial charge in [0.15, 0.2) is 5.52 Å². The lowest BCUT2D eigenvalue weighted by Gasteiger charge is -2.27. The highest BCUT2D eigenvalue weighted by molar-refractivity contribution is 5.94. The van der Waals surface area contributed by atoms with Gasteiger partial charge in [0.1, 0.15) is 23.7 Å². The number of carboxylic acids is 1. The summed E-state index contributed by atoms with van der Waals surface area (Å²) in [6.45, 7) is 0.826. The van der Waals surface area contributed by atoms with Crippen LogP contribution in [0.25, 0.3) is 27.6 Å². The summed E-state index contributed by atoms with van der Waals surface area (Å²) in [4.78, 5) is 38.2. The Morgan fingerprint density at radius 3 is 2.79 bits per heavy atom. The molecular formula is C27H22FN5O5. The number of nitrogens with one attached hydrogen (secondary N) is 1. The summed E-state index contributed by atoms with van der Waals surface area (Å²) in [5.74, 6) is -1.62. The smallest absolute Gasteiger partial charge is 0.341 e. The quantitative estimate of drug-likeness (QED) is 0.311. The zero-order chi connectivity index (χ0) is 26.4. The molecule has 1 atom stereocenters. The van der Waals surface area contributed by atoms with Crippen molar-refractivity contribution in [2.24, 2.45) is 0 Å². The highest BCUT2D eigenvalue weighted by Gasteiger charge is 2.29. The van der Waals surface area contributed by atoms with Crippen molar-refractivity contribution >= 4 is 33.6 Å². The van der Waals surface area contributed by atoms with Crippen molar-refractivity contribution in [2.75, 3.05) is 18.1 Å². The molecule has 0 spiro atoms. The number of aromatic hydroxyl groups is 1. The number of phenolic OH excluding ortho intramolecular Hbond substituents is 1. The number of carbonyl (C=O) groups is 1. The predicted octanol–water partition coefficient (Wildman–Crippen LogP) is 3.85. The van der Waals surface area contributed by atoms with Crippen LogP contribution in [0.1, 0.15) is 23.2 Å². The number of rotatable bonds is 6. The second-order valence-corrected chi connectivity index (χ2v) is 9.10. The molecule has 3 N–H and O–H groups in total. The standard InChI is InChI=1S/C27H22FN5O5/c28-20-10-18-22(33(12-19(25(18)35)27(36)37)15-3-5-17(34)6-4-15)11-23(20)32-9-1-2-16(32)13-38-26-24-21(7-8-29-26)30-14-31-24/h3-8,10-12,14,16,34H,1-2,9,13H2,(H,30,31)(H,36,37)/t16-/m1/s1. The van der Waals surface area contributed by atoms with Gasteiger partial charge in [0.2, 0.25) is 11.3 Å². The molecule has 38 heavy (non-hydrogen) atoms. The lowest BCUT2D eigenvalue weighted by molar-refractivity contribution is 0.0695. The van der Waals surface area contributed by atoms with Crippen LogP contribution >= 0.6 is 0 Å². The fourth-order valence-electron chi connectivity index (χ4n) is 4.98. The van der Waals surface area contributed by atoms with Crippen LogP contribution in [0.4, 0.5) is 10.1 Å². The average Bonchev–Trinajstić information content (AvgIpc) is 3.58. The van der Waals surface area contributed by atoms with Crippen LogP contribution in [0.15, 0.2) is 66.0 Å². The Hall–Kier alpha value is -4.93. The van der Waals surface area contributed by atoms with Crippen LogP contribution in [0, 0.1) is 5.82 Å². The molecule has 0 bridgehead atoms. The second kappa shape index (κ2) is 9.18. The largest absolute Gasteiger partial charge is 0.508 e. The van der Waals surface area contributed by atoms with Gasteiger partial charge >= 0.3 is 5.97 Å². The van der Waals surface area contributed by atoms with Gasteiger partial charge in [-0.05, 0) is 55.3 Å². The van der Waals surface area contributed by atoms with E-state index < -0.39 is 22.8 Å². The number of benzene rings is 2. The number of aromatic amines is 1. The number of hydrogen-bond donors (Lipinski definition) is 3. The molecule has 2 aromatic carbocycles. The molecule has 1 aliphatic rings. The molecule has 0 unspecified atom stereocenters. The number of hydrogen-bond acceptors (Lipinski definition) is 7. The van der Waals surface area contributed by atoms with Crippen molar-refractivity contribution < 1.29 is 24.1 Å². The number of aromatic nitrogens is 4. The maximum atomic E-state index is 15.5. The lowest BCUT2D eigenvalue weighted by atomic mass is 10.1. The maximum Gasteiger partial charge on any atom is 0.341 e. The SMILES string of the molecule is O=C(O)c1cn(-c2ccc(O)cc2)c2cc(N3CCC[C@@H]3COc3nccc4[nH]cnc34)c(F)cc2c1=O. The molecule has 5 aromatic rings. The van der Waals surface area contributed by atoms with Gasteiger partial charge in [0, 0.05) is 30.0 Å². The van der Waals surface area contributed by atoms with Crippen LogP contribution in [0.3, 0.4) is 0 Å². The highest BCUT2D eigenvalue weighted by atomic mass is 19.1. The molecule has 0 aliphatic carbocycles. The van der Waals surface area contributed by atoms with Gasteiger partial charge in [-0.3, -0.25) is 4.79 Å². The third-order valence-corrected chi connectivity index (χ3v) is 6.83. The second-order valence-electron chi connectivity index (χ2n) is 9.10. The fraction of sp³-hybridized carbons (Fsp3) is 0.185. The van der Waals surface area contributed by atoms with Crippen molar-refractivity contribution in [3.63, 3.8) is 0 Å². The number of carboxylic acid groups (broad SMARTS) is 1. The monoisotopic (exact) mass is 515 g/mol. The molecule has 1 aliphatic heterocycles. The number of halogens is 1. The van der Waals surface area contributed by atoms with Crippen molar-refractivity contribution in [1.29, 1.82) is 0 Å². The molecule has 0 radical (unpaired) electrons. The topological polar surface area (TPSA) is 134 Å². The molecule has 192 valence electrons. The zero-order valence-corrected chi connectivity index (χ0v) is 20.0. The summed E-state index contributed by atoms with van der Waals surface area (Å²) in [6, 6.07) is 10.4. The summed E-state index contributed by atoms with van der Waals surface area (Å²) in [7, 11) is 0. The van der Waals surface area contributed by atoms with Gasteiger partial charge in [0.25, 0.3) is 0 Å². The summed E-state index contributed by atoms with van der Waals surface area (Å²) < 4.78 is 23.1. The number of aromatic carboxylic acids is 1. The first-order valence-electron chi connectivity index (χ1n) is 12.0. The van der Waals surface area contributed by atoms with Crippen molar-refractivity contribution in [2.45, 2.75) is 18.9 Å². The van der Waals surface area contributed by atoms with Gasteiger partial charge in [0.05, 0.1) is 29.1 Å². The Bertz CT molecular complexity index is 1750. The molecular weight excluding hydrogens is 493 g/mol. The Morgan fingerprint density at radius 1 is 1.18 bits per heavy atom. The third kappa shape index (κ3) is 3.97. The molecule has 11 heteroatoms. The summed E-state index contributed by atoms with van der Waals surface area (Å²) in [6.07, 6.45) is 5.99. The third-order valence-electron chi connectivity index (χ3n) is 6.83. The number of pyridine rings is 2. The van der Waals surface area contributed by atoms with E-state index >= 15 is 4.39 Å². The molecule has 1 saturated heterocycles. The van der Waals surface area contributed by atoms with Crippen molar-refractivity contribution in [1.82, 2.24) is 19.5 Å². The predicted molar refractivity (Wildman–Crippen MR) is 138 cm³/mol. The maximum absolute atomic E-state index is 15.5. The number of imidazole rings is 1. The lowest BCUT2D eigenvalue weighted by Crippen LogP contribution is -2.35. The van der Waals surface area contributed by atoms with Crippen molar-refractivity contribution in [3.8, 4) is 17.3 Å². The van der Waals surface area contributed by atoms with E-state index in [4.69, 9.17) is 4.74 Å². The Balaban J connectivity index is 1.41. The Morgan fingerprint density at radius 2 is 2.00 bits per heavy atom. The van der Waals surface area contributed by atoms with Crippen LogP contribution in [0.5, 0.6) is 11.6 Å². The number of H-pyrrole nitrogens is 1. The minimum Gasteiger partial charge on any atom is -0.508 e. The van der Waals surface area contributed by atoms with Crippen molar-refractivity contribution in [3.05, 3.63) is 82.8 Å². The van der Waals surface area contributed by atoms with Gasteiger partial charge in [-0.25, -0.2) is 19.2 Å². The number of phenols is 1. The Kier molecular flexibility index (Phi) is 5.67. The van der Waals surface area contributed by atoms with Gasteiger partial charge in [-0.15, -0.1) is 0 Å². The van der Waals surface area contributed by atoms with Gasteiger partial charge in [-0.1, -0.05) is 0 Å². The normalized spacial score (nSPS) is 15.4. The number of fused-ring (bicyclic) bond motifs is 2. The Labute approximate surface area is 214 Å². The molecule has 1 fully saturated rings. The minimum absolute atomic E-state index is 0.0317. The molecule has 6 rings (SSSR count). The molecule has 0 saturated carbocycles. The van der Waals surface area contributed by atoms with Gasteiger partial charge in [-0.2, -0.15) is 0 Å². The van der Waals surface area contributed by atoms with Crippen LogP contribution in [-0.2, 0) is 0 Å². The minimum atomic E-state index is -1.41. The molecule has 0 amide bonds. The van der Waals surface area contributed by atoms with Crippen LogP contribution in [0.2, 0.25) is 0 Å². The molecule has 3 aromatic heterocycles. The highest BCUT2D eigenvalue weighted by Crippen LogP contribution is 2.33. The number of nitrogens with zero attached hydrogens (tertiary/aromatic N) is 4. The van der Waals surface area contributed by atoms with E-state index in [1.807, 2.05) is 4.90 Å². The first-order valence-corrected chi connectivity index (χ1v) is 12.0. The van der Waals surface area contributed by atoms with E-state index in [1.165, 1.54) is 22.9 Å². The summed E-state index contributed by atoms with van der Waals surface area (Å²) >= 11 is 0. The van der Waals surface area contributed by atoms with E-state index in [0.717, 1.165) is 24.4 Å². The summed E-state index contributed by atoms with van der Waals surface area (Å²) in [5, 5.41) is 19.2. The van der Waals surface area contributed by atoms with E-state index in [0.29, 0.717) is 29.1 Å². The zero-order valence-electron chi connectivity index (χ0n) is 20.0. The van der Waals surface area contributed by atoms with E-state index in [9.17, 15) is 19.8 Å². The van der Waals surface area contributed by atoms with Gasteiger partial charge < -0.3 is 29.4 Å². The molecule has 4 heterocycles. The number of ether oxygens (including phenoxy) is 1. The van der Waals surface area contributed by atoms with Crippen LogP contribution in [-0.4, -0.2) is 54.9 Å². The van der Waals surface area contributed by atoms with Crippen LogP contribution < -0.4 is 15.1 Å².